The van der Waals surface area contributed by atoms with Crippen LogP contribution in [0.3, 0.4) is 0 Å². The minimum Gasteiger partial charge on any atom is -0.497 e. The highest BCUT2D eigenvalue weighted by Crippen LogP contribution is 2.26. The Morgan fingerprint density at radius 2 is 2.14 bits per heavy atom. The summed E-state index contributed by atoms with van der Waals surface area (Å²) in [6, 6.07) is 5.77. The Labute approximate surface area is 124 Å². The molecule has 1 aromatic heterocycles. The van der Waals surface area contributed by atoms with Gasteiger partial charge in [0.25, 0.3) is 5.89 Å². The molecule has 0 aliphatic rings. The van der Waals surface area contributed by atoms with E-state index in [1.165, 1.54) is 0 Å². The zero-order valence-electron chi connectivity index (χ0n) is 12.6. The van der Waals surface area contributed by atoms with Crippen LogP contribution in [0.15, 0.2) is 22.6 Å². The molecule has 0 fully saturated rings. The summed E-state index contributed by atoms with van der Waals surface area (Å²) in [5.41, 5.74) is 7.05. The molecule has 1 heterocycles. The van der Waals surface area contributed by atoms with Crippen molar-refractivity contribution in [3.05, 3.63) is 35.5 Å². The van der Waals surface area contributed by atoms with E-state index < -0.39 is 0 Å². The van der Waals surface area contributed by atoms with Crippen molar-refractivity contribution >= 4 is 0 Å². The molecule has 0 saturated heterocycles. The summed E-state index contributed by atoms with van der Waals surface area (Å²) in [6.45, 7) is 4.05. The average molecular weight is 291 g/mol. The number of nitrogens with two attached hydrogens (primary N) is 1. The monoisotopic (exact) mass is 291 g/mol. The summed E-state index contributed by atoms with van der Waals surface area (Å²) in [6.07, 6.45) is 1.63. The third kappa shape index (κ3) is 4.19. The van der Waals surface area contributed by atoms with E-state index in [-0.39, 0.29) is 12.6 Å². The first-order valence-corrected chi connectivity index (χ1v) is 6.96. The quantitative estimate of drug-likeness (QED) is 0.842. The minimum atomic E-state index is 0.0881. The number of aryl methyl sites for hydroxylation is 1. The van der Waals surface area contributed by atoms with Gasteiger partial charge < -0.3 is 19.6 Å². The molecule has 1 aromatic carbocycles. The Hall–Kier alpha value is -2.08. The molecule has 2 N–H and O–H groups in total. The Kier molecular flexibility index (Phi) is 5.16. The molecular weight excluding hydrogens is 270 g/mol. The first-order valence-electron chi connectivity index (χ1n) is 6.96. The Balaban J connectivity index is 2.12. The molecule has 2 rings (SSSR count). The van der Waals surface area contributed by atoms with E-state index in [1.54, 1.807) is 14.0 Å². The second-order valence-corrected chi connectivity index (χ2v) is 4.85. The van der Waals surface area contributed by atoms with Crippen LogP contribution in [0.25, 0.3) is 0 Å². The lowest BCUT2D eigenvalue weighted by Crippen LogP contribution is -2.21. The molecule has 0 amide bonds. The number of aromatic nitrogens is 2. The lowest BCUT2D eigenvalue weighted by Gasteiger charge is -2.14. The third-order valence-electron chi connectivity index (χ3n) is 3.19. The fourth-order valence-electron chi connectivity index (χ4n) is 1.95. The maximum atomic E-state index is 6.04. The summed E-state index contributed by atoms with van der Waals surface area (Å²) in [7, 11) is 1.64. The predicted molar refractivity (Wildman–Crippen MR) is 78.3 cm³/mol. The van der Waals surface area contributed by atoms with Crippen LogP contribution in [-0.4, -0.2) is 23.3 Å². The van der Waals surface area contributed by atoms with Gasteiger partial charge in [0.1, 0.15) is 11.5 Å². The topological polar surface area (TPSA) is 83.4 Å². The van der Waals surface area contributed by atoms with Crippen LogP contribution >= 0.6 is 0 Å². The summed E-state index contributed by atoms with van der Waals surface area (Å²) in [5, 5.41) is 7.68. The van der Waals surface area contributed by atoms with E-state index in [1.807, 2.05) is 18.2 Å². The summed E-state index contributed by atoms with van der Waals surface area (Å²) in [4.78, 5) is 0. The van der Waals surface area contributed by atoms with Crippen molar-refractivity contribution in [2.45, 2.75) is 39.3 Å². The zero-order valence-corrected chi connectivity index (χ0v) is 12.6. The smallest absolute Gasteiger partial charge is 0.253 e. The largest absolute Gasteiger partial charge is 0.497 e. The molecular formula is C15H21N3O3. The number of hydrogen-bond donors (Lipinski definition) is 1. The van der Waals surface area contributed by atoms with Gasteiger partial charge in [0.05, 0.1) is 7.11 Å². The lowest BCUT2D eigenvalue weighted by atomic mass is 10.0. The van der Waals surface area contributed by atoms with Crippen LogP contribution in [0.5, 0.6) is 11.5 Å². The van der Waals surface area contributed by atoms with Crippen LogP contribution in [0.1, 0.15) is 30.7 Å². The molecule has 0 saturated carbocycles. The number of benzene rings is 1. The van der Waals surface area contributed by atoms with Gasteiger partial charge in [-0.15, -0.1) is 10.2 Å². The van der Waals surface area contributed by atoms with Gasteiger partial charge in [-0.1, -0.05) is 6.92 Å². The Bertz CT molecular complexity index is 583. The predicted octanol–water partition coefficient (Wildman–Crippen LogP) is 2.25. The SMILES string of the molecule is CCC(N)Cc1cc(OC)ccc1OCc1nnc(C)o1. The molecule has 6 heteroatoms. The van der Waals surface area contributed by atoms with Gasteiger partial charge >= 0.3 is 0 Å². The van der Waals surface area contributed by atoms with Gasteiger partial charge in [0, 0.05) is 13.0 Å². The highest BCUT2D eigenvalue weighted by Gasteiger charge is 2.11. The van der Waals surface area contributed by atoms with Crippen LogP contribution in [-0.2, 0) is 13.0 Å². The maximum Gasteiger partial charge on any atom is 0.253 e. The number of rotatable bonds is 7. The fourth-order valence-corrected chi connectivity index (χ4v) is 1.95. The molecule has 0 bridgehead atoms. The molecule has 21 heavy (non-hydrogen) atoms. The van der Waals surface area contributed by atoms with Crippen LogP contribution in [0.4, 0.5) is 0 Å². The normalized spacial score (nSPS) is 12.2. The standard InChI is InChI=1S/C15H21N3O3/c1-4-12(16)7-11-8-13(19-3)5-6-14(11)20-9-15-18-17-10(2)21-15/h5-6,8,12H,4,7,9,16H2,1-3H3. The van der Waals surface area contributed by atoms with E-state index >= 15 is 0 Å². The van der Waals surface area contributed by atoms with E-state index in [0.717, 1.165) is 29.9 Å². The summed E-state index contributed by atoms with van der Waals surface area (Å²) in [5.74, 6) is 2.52. The molecule has 0 aliphatic heterocycles. The van der Waals surface area contributed by atoms with Crippen LogP contribution in [0, 0.1) is 6.92 Å². The molecule has 2 aromatic rings. The number of methoxy groups -OCH3 is 1. The summed E-state index contributed by atoms with van der Waals surface area (Å²) >= 11 is 0. The van der Waals surface area contributed by atoms with Crippen LogP contribution in [0.2, 0.25) is 0 Å². The van der Waals surface area contributed by atoms with Gasteiger partial charge in [-0.3, -0.25) is 0 Å². The van der Waals surface area contributed by atoms with Crippen molar-refractivity contribution in [3.63, 3.8) is 0 Å². The van der Waals surface area contributed by atoms with E-state index in [2.05, 4.69) is 17.1 Å². The third-order valence-corrected chi connectivity index (χ3v) is 3.19. The molecule has 114 valence electrons. The Morgan fingerprint density at radius 1 is 1.33 bits per heavy atom. The van der Waals surface area contributed by atoms with Gasteiger partial charge in [0.15, 0.2) is 6.61 Å². The van der Waals surface area contributed by atoms with Gasteiger partial charge in [-0.05, 0) is 36.6 Å². The number of hydrogen-bond acceptors (Lipinski definition) is 6. The van der Waals surface area contributed by atoms with E-state index in [9.17, 15) is 0 Å². The molecule has 6 nitrogen and oxygen atoms in total. The van der Waals surface area contributed by atoms with E-state index in [0.29, 0.717) is 11.8 Å². The second-order valence-electron chi connectivity index (χ2n) is 4.85. The summed E-state index contributed by atoms with van der Waals surface area (Å²) < 4.78 is 16.3. The molecule has 0 aliphatic carbocycles. The highest BCUT2D eigenvalue weighted by atomic mass is 16.5. The first-order chi connectivity index (χ1) is 10.1. The number of ether oxygens (including phenoxy) is 2. The van der Waals surface area contributed by atoms with E-state index in [4.69, 9.17) is 19.6 Å². The van der Waals surface area contributed by atoms with Crippen molar-refractivity contribution < 1.29 is 13.9 Å². The van der Waals surface area contributed by atoms with Crippen molar-refractivity contribution in [3.8, 4) is 11.5 Å². The van der Waals surface area contributed by atoms with Crippen molar-refractivity contribution in [2.24, 2.45) is 5.73 Å². The number of nitrogens with zero attached hydrogens (tertiary/aromatic N) is 2. The molecule has 0 radical (unpaired) electrons. The molecule has 0 spiro atoms. The molecule has 1 atom stereocenters. The van der Waals surface area contributed by atoms with Gasteiger partial charge in [-0.25, -0.2) is 0 Å². The Morgan fingerprint density at radius 3 is 2.76 bits per heavy atom. The van der Waals surface area contributed by atoms with Gasteiger partial charge in [-0.2, -0.15) is 0 Å². The lowest BCUT2D eigenvalue weighted by molar-refractivity contribution is 0.257. The van der Waals surface area contributed by atoms with Crippen molar-refractivity contribution in [2.75, 3.05) is 7.11 Å². The molecule has 1 unspecified atom stereocenters. The fraction of sp³-hybridized carbons (Fsp3) is 0.467. The van der Waals surface area contributed by atoms with Crippen molar-refractivity contribution in [1.82, 2.24) is 10.2 Å². The average Bonchev–Trinajstić information content (AvgIpc) is 2.91. The maximum absolute atomic E-state index is 6.04. The van der Waals surface area contributed by atoms with Gasteiger partial charge in [0.2, 0.25) is 5.89 Å². The minimum absolute atomic E-state index is 0.0881. The van der Waals surface area contributed by atoms with Crippen LogP contribution < -0.4 is 15.2 Å². The zero-order chi connectivity index (χ0) is 15.2. The first kappa shape index (κ1) is 15.3. The van der Waals surface area contributed by atoms with Crippen molar-refractivity contribution in [1.29, 1.82) is 0 Å². The highest BCUT2D eigenvalue weighted by molar-refractivity contribution is 5.40. The second kappa shape index (κ2) is 7.08.